The molecule has 1 fully saturated rings. The van der Waals surface area contributed by atoms with Crippen molar-refractivity contribution in [2.45, 2.75) is 19.4 Å². The lowest BCUT2D eigenvalue weighted by molar-refractivity contribution is 0.0694. The van der Waals surface area contributed by atoms with Crippen LogP contribution >= 0.6 is 0 Å². The first kappa shape index (κ1) is 21.1. The summed E-state index contributed by atoms with van der Waals surface area (Å²) in [6.45, 7) is 4.08. The first-order valence-corrected chi connectivity index (χ1v) is 10.6. The van der Waals surface area contributed by atoms with Gasteiger partial charge in [0, 0.05) is 32.4 Å². The number of benzene rings is 1. The van der Waals surface area contributed by atoms with E-state index in [9.17, 15) is 19.1 Å². The van der Waals surface area contributed by atoms with Gasteiger partial charge in [-0.05, 0) is 19.4 Å². The number of hydrogen-bond acceptors (Lipinski definition) is 7. The number of aromatic carboxylic acids is 1. The Labute approximate surface area is 186 Å². The molecular weight excluding hydrogens is 436 g/mol. The average Bonchev–Trinajstić information content (AvgIpc) is 3.03. The van der Waals surface area contributed by atoms with E-state index in [1.54, 1.807) is 4.57 Å². The van der Waals surface area contributed by atoms with Crippen molar-refractivity contribution < 1.29 is 23.4 Å². The number of halogens is 2. The van der Waals surface area contributed by atoms with Gasteiger partial charge in [0.2, 0.25) is 11.4 Å². The van der Waals surface area contributed by atoms with E-state index in [1.807, 2.05) is 16.7 Å². The van der Waals surface area contributed by atoms with Gasteiger partial charge in [-0.2, -0.15) is 0 Å². The maximum atomic E-state index is 15.4. The van der Waals surface area contributed by atoms with Gasteiger partial charge >= 0.3 is 5.97 Å². The maximum Gasteiger partial charge on any atom is 0.341 e. The first-order valence-electron chi connectivity index (χ1n) is 10.6. The molecule has 3 aromatic rings. The number of nitrogens with zero attached hydrogens (tertiary/aromatic N) is 5. The number of carboxylic acids is 1. The summed E-state index contributed by atoms with van der Waals surface area (Å²) in [5.41, 5.74) is -0.511. The maximum absolute atomic E-state index is 15.4. The molecule has 2 aliphatic rings. The van der Waals surface area contributed by atoms with E-state index in [4.69, 9.17) is 4.74 Å². The monoisotopic (exact) mass is 457 g/mol. The van der Waals surface area contributed by atoms with Crippen LogP contribution in [-0.2, 0) is 0 Å². The molecule has 0 spiro atoms. The molecule has 172 valence electrons. The minimum atomic E-state index is -1.36. The lowest BCUT2D eigenvalue weighted by Gasteiger charge is -2.32. The van der Waals surface area contributed by atoms with E-state index < -0.39 is 28.6 Å². The van der Waals surface area contributed by atoms with E-state index in [2.05, 4.69) is 9.97 Å². The molecule has 0 bridgehead atoms. The summed E-state index contributed by atoms with van der Waals surface area (Å²) in [5.74, 6) is -1.88. The van der Waals surface area contributed by atoms with Crippen LogP contribution in [0.2, 0.25) is 0 Å². The Morgan fingerprint density at radius 3 is 2.58 bits per heavy atom. The third-order valence-corrected chi connectivity index (χ3v) is 6.07. The van der Waals surface area contributed by atoms with Crippen LogP contribution in [0.25, 0.3) is 10.9 Å². The first-order chi connectivity index (χ1) is 15.8. The predicted molar refractivity (Wildman–Crippen MR) is 116 cm³/mol. The second-order valence-corrected chi connectivity index (χ2v) is 8.21. The summed E-state index contributed by atoms with van der Waals surface area (Å²) in [6.07, 6.45) is 4.19. The molecule has 5 rings (SSSR count). The van der Waals surface area contributed by atoms with Crippen LogP contribution in [-0.4, -0.2) is 58.4 Å². The van der Waals surface area contributed by atoms with Crippen molar-refractivity contribution in [3.8, 4) is 5.75 Å². The summed E-state index contributed by atoms with van der Waals surface area (Å²) >= 11 is 0. The lowest BCUT2D eigenvalue weighted by Crippen LogP contribution is -2.33. The Hall–Kier alpha value is -3.76. The van der Waals surface area contributed by atoms with Crippen molar-refractivity contribution >= 4 is 28.5 Å². The molecule has 9 nitrogen and oxygen atoms in total. The number of rotatable bonds is 3. The summed E-state index contributed by atoms with van der Waals surface area (Å²) in [5, 5.41) is 9.41. The molecule has 1 atom stereocenters. The second-order valence-electron chi connectivity index (χ2n) is 8.21. The van der Waals surface area contributed by atoms with Crippen LogP contribution in [0.3, 0.4) is 0 Å². The van der Waals surface area contributed by atoms with Gasteiger partial charge in [-0.15, -0.1) is 0 Å². The number of aromatic nitrogens is 3. The molecule has 0 amide bonds. The number of hydrogen-bond donors (Lipinski definition) is 1. The van der Waals surface area contributed by atoms with Gasteiger partial charge in [-0.1, -0.05) is 0 Å². The number of anilines is 2. The summed E-state index contributed by atoms with van der Waals surface area (Å²) in [6, 6.07) is 0.874. The van der Waals surface area contributed by atoms with Crippen molar-refractivity contribution in [1.29, 1.82) is 0 Å². The van der Waals surface area contributed by atoms with E-state index in [-0.39, 0.29) is 29.5 Å². The molecule has 0 radical (unpaired) electrons. The van der Waals surface area contributed by atoms with Gasteiger partial charge in [-0.3, -0.25) is 4.79 Å². The molecule has 1 saturated heterocycles. The Morgan fingerprint density at radius 1 is 1.15 bits per heavy atom. The molecule has 33 heavy (non-hydrogen) atoms. The van der Waals surface area contributed by atoms with Crippen LogP contribution in [0, 0.1) is 11.6 Å². The summed E-state index contributed by atoms with van der Waals surface area (Å²) in [7, 11) is 0. The minimum Gasteiger partial charge on any atom is -0.487 e. The fourth-order valence-corrected chi connectivity index (χ4v) is 4.47. The Morgan fingerprint density at radius 2 is 1.85 bits per heavy atom. The SMILES string of the molecule is C[C@H]1COc2c(N3CCCN(c4ncc(F)cn4)CC3)c(F)cc3c(=O)c(C(=O)O)cn1c23. The smallest absolute Gasteiger partial charge is 0.341 e. The highest BCUT2D eigenvalue weighted by molar-refractivity contribution is 5.97. The van der Waals surface area contributed by atoms with Crippen LogP contribution < -0.4 is 20.0 Å². The zero-order valence-electron chi connectivity index (χ0n) is 17.8. The highest BCUT2D eigenvalue weighted by Gasteiger charge is 2.31. The van der Waals surface area contributed by atoms with Gasteiger partial charge in [-0.25, -0.2) is 23.5 Å². The molecule has 4 heterocycles. The normalized spacial score (nSPS) is 18.2. The van der Waals surface area contributed by atoms with Gasteiger partial charge in [0.05, 0.1) is 29.3 Å². The summed E-state index contributed by atoms with van der Waals surface area (Å²) in [4.78, 5) is 36.1. The molecule has 0 saturated carbocycles. The Balaban J connectivity index is 1.57. The molecule has 2 aliphatic heterocycles. The van der Waals surface area contributed by atoms with Crippen molar-refractivity contribution in [3.05, 3.63) is 52.1 Å². The Bertz CT molecular complexity index is 1310. The third kappa shape index (κ3) is 3.53. The van der Waals surface area contributed by atoms with E-state index in [1.165, 1.54) is 6.20 Å². The van der Waals surface area contributed by atoms with E-state index in [0.717, 1.165) is 18.5 Å². The number of carboxylic acid groups (broad SMARTS) is 1. The van der Waals surface area contributed by atoms with Gasteiger partial charge < -0.3 is 24.2 Å². The van der Waals surface area contributed by atoms with Gasteiger partial charge in [0.25, 0.3) is 0 Å². The van der Waals surface area contributed by atoms with Crippen LogP contribution in [0.5, 0.6) is 5.75 Å². The third-order valence-electron chi connectivity index (χ3n) is 6.07. The van der Waals surface area contributed by atoms with Crippen LogP contribution in [0.15, 0.2) is 29.5 Å². The fraction of sp³-hybridized carbons (Fsp3) is 0.364. The highest BCUT2D eigenvalue weighted by atomic mass is 19.1. The van der Waals surface area contributed by atoms with Gasteiger partial charge in [0.1, 0.15) is 17.9 Å². The molecule has 0 aliphatic carbocycles. The average molecular weight is 457 g/mol. The van der Waals surface area contributed by atoms with Crippen molar-refractivity contribution in [1.82, 2.24) is 14.5 Å². The van der Waals surface area contributed by atoms with E-state index >= 15 is 4.39 Å². The number of pyridine rings is 1. The van der Waals surface area contributed by atoms with Crippen LogP contribution in [0.4, 0.5) is 20.4 Å². The van der Waals surface area contributed by atoms with Crippen molar-refractivity contribution in [2.75, 3.05) is 42.6 Å². The second kappa shape index (κ2) is 7.98. The molecule has 11 heteroatoms. The highest BCUT2D eigenvalue weighted by Crippen LogP contribution is 2.42. The number of carbonyl (C=O) groups is 1. The molecule has 2 aromatic heterocycles. The quantitative estimate of drug-likeness (QED) is 0.640. The zero-order chi connectivity index (χ0) is 23.3. The van der Waals surface area contributed by atoms with Crippen molar-refractivity contribution in [3.63, 3.8) is 0 Å². The summed E-state index contributed by atoms with van der Waals surface area (Å²) < 4.78 is 36.2. The molecule has 1 aromatic carbocycles. The topological polar surface area (TPSA) is 101 Å². The predicted octanol–water partition coefficient (Wildman–Crippen LogP) is 2.44. The van der Waals surface area contributed by atoms with E-state index in [0.29, 0.717) is 44.1 Å². The molecule has 0 unspecified atom stereocenters. The van der Waals surface area contributed by atoms with Crippen molar-refractivity contribution in [2.24, 2.45) is 0 Å². The molecule has 1 N–H and O–H groups in total. The van der Waals surface area contributed by atoms with Gasteiger partial charge in [0.15, 0.2) is 17.4 Å². The Kier molecular flexibility index (Phi) is 5.10. The minimum absolute atomic E-state index is 0.0196. The van der Waals surface area contributed by atoms with Crippen LogP contribution in [0.1, 0.15) is 29.7 Å². The lowest BCUT2D eigenvalue weighted by atomic mass is 10.1. The molecular formula is C22H21F2N5O4. The number of ether oxygens (including phenoxy) is 1. The zero-order valence-corrected chi connectivity index (χ0v) is 17.8. The fourth-order valence-electron chi connectivity index (χ4n) is 4.47. The largest absolute Gasteiger partial charge is 0.487 e. The standard InChI is InChI=1S/C22H21F2N5O4/c1-12-11-33-20-17-14(19(30)15(21(31)32)10-29(12)17)7-16(24)18(20)27-3-2-4-28(6-5-27)22-25-8-13(23)9-26-22/h7-10,12H,2-6,11H2,1H3,(H,31,32)/t12-/m0/s1.